The van der Waals surface area contributed by atoms with Gasteiger partial charge in [0.25, 0.3) is 0 Å². The van der Waals surface area contributed by atoms with E-state index in [1.54, 1.807) is 6.92 Å². The molecule has 0 rings (SSSR count). The Labute approximate surface area is 130 Å². The summed E-state index contributed by atoms with van der Waals surface area (Å²) < 4.78 is 4.58. The second kappa shape index (κ2) is 10.8. The topological polar surface area (TPSA) is 26.3 Å². The van der Waals surface area contributed by atoms with Gasteiger partial charge in [-0.1, -0.05) is 45.1 Å². The molecule has 0 bridgehead atoms. The maximum atomic E-state index is 11.1. The van der Waals surface area contributed by atoms with Crippen molar-refractivity contribution < 1.29 is 9.53 Å². The minimum atomic E-state index is -0.437. The summed E-state index contributed by atoms with van der Waals surface area (Å²) >= 11 is 11.9. The molecule has 5 heteroatoms. The number of esters is 1. The summed E-state index contributed by atoms with van der Waals surface area (Å²) in [4.78, 5) is 11.1. The third-order valence-corrected chi connectivity index (χ3v) is 3.72. The van der Waals surface area contributed by atoms with Crippen LogP contribution in [0.1, 0.15) is 58.3 Å². The average molecular weight is 325 g/mol. The molecule has 0 aliphatic carbocycles. The minimum absolute atomic E-state index is 0.284. The maximum absolute atomic E-state index is 11.1. The first-order chi connectivity index (χ1) is 8.83. The highest BCUT2D eigenvalue weighted by Crippen LogP contribution is 2.23. The number of ether oxygens (including phenoxy) is 1. The summed E-state index contributed by atoms with van der Waals surface area (Å²) in [5, 5.41) is 0. The Morgan fingerprint density at radius 3 is 2.05 bits per heavy atom. The van der Waals surface area contributed by atoms with Crippen molar-refractivity contribution in [3.8, 4) is 0 Å². The standard InChI is InChI=1S/C14H26Cl2O2Si/c1-12(2)13(17)18-11-9-7-5-3-4-6-8-10-14(15,16)19/h1,3-11H2,2,19H3. The highest BCUT2D eigenvalue weighted by molar-refractivity contribution is 6.65. The Kier molecular flexibility index (Phi) is 10.8. The summed E-state index contributed by atoms with van der Waals surface area (Å²) in [6.07, 6.45) is 8.94. The number of unbranched alkanes of at least 4 members (excludes halogenated alkanes) is 6. The highest BCUT2D eigenvalue weighted by atomic mass is 35.5. The lowest BCUT2D eigenvalue weighted by molar-refractivity contribution is -0.139. The molecular formula is C14H26Cl2O2Si. The van der Waals surface area contributed by atoms with Crippen LogP contribution in [0.15, 0.2) is 12.2 Å². The van der Waals surface area contributed by atoms with Crippen LogP contribution < -0.4 is 0 Å². The van der Waals surface area contributed by atoms with Crippen molar-refractivity contribution in [1.29, 1.82) is 0 Å². The monoisotopic (exact) mass is 324 g/mol. The van der Waals surface area contributed by atoms with E-state index in [0.29, 0.717) is 12.2 Å². The lowest BCUT2D eigenvalue weighted by Crippen LogP contribution is -2.11. The zero-order chi connectivity index (χ0) is 14.7. The Morgan fingerprint density at radius 1 is 1.11 bits per heavy atom. The third kappa shape index (κ3) is 14.2. The van der Waals surface area contributed by atoms with Crippen molar-refractivity contribution in [2.24, 2.45) is 0 Å². The van der Waals surface area contributed by atoms with Crippen LogP contribution in [0.2, 0.25) is 0 Å². The molecule has 0 aliphatic heterocycles. The Hall–Kier alpha value is 0.00688. The number of carbonyl (C=O) groups excluding carboxylic acids is 1. The van der Waals surface area contributed by atoms with Crippen LogP contribution >= 0.6 is 23.2 Å². The second-order valence-corrected chi connectivity index (χ2v) is 10.0. The summed E-state index contributed by atoms with van der Waals surface area (Å²) in [7, 11) is 0.829. The normalized spacial score (nSPS) is 11.5. The molecule has 0 saturated carbocycles. The summed E-state index contributed by atoms with van der Waals surface area (Å²) in [5.41, 5.74) is 0.466. The summed E-state index contributed by atoms with van der Waals surface area (Å²) in [6, 6.07) is 0. The second-order valence-electron chi connectivity index (χ2n) is 5.21. The van der Waals surface area contributed by atoms with E-state index >= 15 is 0 Å². The minimum Gasteiger partial charge on any atom is -0.462 e. The fourth-order valence-electron chi connectivity index (χ4n) is 1.71. The molecule has 0 aromatic carbocycles. The van der Waals surface area contributed by atoms with Gasteiger partial charge in [-0.05, 0) is 19.8 Å². The molecule has 0 aliphatic rings. The fourth-order valence-corrected chi connectivity index (χ4v) is 2.33. The van der Waals surface area contributed by atoms with Crippen LogP contribution in [0.25, 0.3) is 0 Å². The Morgan fingerprint density at radius 2 is 1.58 bits per heavy atom. The van der Waals surface area contributed by atoms with Gasteiger partial charge in [0.05, 0.1) is 10.6 Å². The number of hydrogen-bond acceptors (Lipinski definition) is 2. The van der Waals surface area contributed by atoms with Crippen LogP contribution in [0.3, 0.4) is 0 Å². The molecule has 0 heterocycles. The lowest BCUT2D eigenvalue weighted by atomic mass is 10.1. The van der Waals surface area contributed by atoms with Crippen LogP contribution in [0.4, 0.5) is 0 Å². The largest absolute Gasteiger partial charge is 0.462 e. The molecule has 0 radical (unpaired) electrons. The number of alkyl halides is 2. The molecule has 0 unspecified atom stereocenters. The number of carbonyl (C=O) groups is 1. The van der Waals surface area contributed by atoms with E-state index in [-0.39, 0.29) is 5.97 Å². The molecular weight excluding hydrogens is 299 g/mol. The fraction of sp³-hybridized carbons (Fsp3) is 0.786. The molecule has 0 spiro atoms. The number of halogens is 2. The number of rotatable bonds is 11. The average Bonchev–Trinajstić information content (AvgIpc) is 2.29. The molecule has 0 atom stereocenters. The van der Waals surface area contributed by atoms with Crippen LogP contribution in [-0.2, 0) is 9.53 Å². The van der Waals surface area contributed by atoms with Crippen LogP contribution in [0, 0.1) is 0 Å². The molecule has 0 N–H and O–H groups in total. The van der Waals surface area contributed by atoms with Gasteiger partial charge in [-0.2, -0.15) is 0 Å². The predicted octanol–water partition coefficient (Wildman–Crippen LogP) is 3.72. The predicted molar refractivity (Wildman–Crippen MR) is 87.1 cm³/mol. The smallest absolute Gasteiger partial charge is 0.333 e. The van der Waals surface area contributed by atoms with Gasteiger partial charge >= 0.3 is 5.97 Å². The van der Waals surface area contributed by atoms with Gasteiger partial charge in [0.1, 0.15) is 0 Å². The zero-order valence-electron chi connectivity index (χ0n) is 12.1. The van der Waals surface area contributed by atoms with Gasteiger partial charge < -0.3 is 4.74 Å². The quantitative estimate of drug-likeness (QED) is 0.190. The molecule has 112 valence electrons. The first-order valence-electron chi connectivity index (χ1n) is 7.03. The van der Waals surface area contributed by atoms with E-state index in [9.17, 15) is 4.79 Å². The first kappa shape index (κ1) is 19.0. The SMILES string of the molecule is C=C(C)C(=O)OCCCCCCCCCC([SiH3])(Cl)Cl. The molecule has 2 nitrogen and oxygen atoms in total. The summed E-state index contributed by atoms with van der Waals surface area (Å²) in [5.74, 6) is -0.284. The van der Waals surface area contributed by atoms with Crippen molar-refractivity contribution >= 4 is 39.4 Å². The van der Waals surface area contributed by atoms with Gasteiger partial charge in [-0.15, -0.1) is 23.2 Å². The van der Waals surface area contributed by atoms with Crippen molar-refractivity contribution in [2.45, 2.75) is 62.2 Å². The third-order valence-electron chi connectivity index (χ3n) is 2.84. The van der Waals surface area contributed by atoms with Crippen molar-refractivity contribution in [2.75, 3.05) is 6.61 Å². The first-order valence-corrected chi connectivity index (χ1v) is 8.79. The van der Waals surface area contributed by atoms with Crippen LogP contribution in [-0.4, -0.2) is 26.8 Å². The molecule has 19 heavy (non-hydrogen) atoms. The van der Waals surface area contributed by atoms with Crippen molar-refractivity contribution in [3.63, 3.8) is 0 Å². The zero-order valence-corrected chi connectivity index (χ0v) is 15.7. The molecule has 0 saturated heterocycles. The van der Waals surface area contributed by atoms with E-state index in [1.165, 1.54) is 25.7 Å². The van der Waals surface area contributed by atoms with E-state index < -0.39 is 3.96 Å². The van der Waals surface area contributed by atoms with Crippen LogP contribution in [0.5, 0.6) is 0 Å². The van der Waals surface area contributed by atoms with Gasteiger partial charge in [-0.3, -0.25) is 0 Å². The van der Waals surface area contributed by atoms with E-state index in [0.717, 1.165) is 35.9 Å². The van der Waals surface area contributed by atoms with E-state index in [2.05, 4.69) is 6.58 Å². The van der Waals surface area contributed by atoms with Gasteiger partial charge in [0.2, 0.25) is 0 Å². The molecule has 0 fully saturated rings. The molecule has 0 aromatic rings. The summed E-state index contributed by atoms with van der Waals surface area (Å²) in [6.45, 7) is 5.71. The Bertz CT molecular complexity index is 275. The van der Waals surface area contributed by atoms with Crippen molar-refractivity contribution in [1.82, 2.24) is 0 Å². The van der Waals surface area contributed by atoms with Gasteiger partial charge in [0.15, 0.2) is 0 Å². The lowest BCUT2D eigenvalue weighted by Gasteiger charge is -2.12. The van der Waals surface area contributed by atoms with Gasteiger partial charge in [-0.25, -0.2) is 4.79 Å². The van der Waals surface area contributed by atoms with E-state index in [1.807, 2.05) is 0 Å². The molecule has 0 amide bonds. The number of hydrogen-bond donors (Lipinski definition) is 0. The van der Waals surface area contributed by atoms with Gasteiger partial charge in [0, 0.05) is 15.8 Å². The Balaban J connectivity index is 3.20. The molecule has 0 aromatic heterocycles. The van der Waals surface area contributed by atoms with E-state index in [4.69, 9.17) is 27.9 Å². The maximum Gasteiger partial charge on any atom is 0.333 e. The highest BCUT2D eigenvalue weighted by Gasteiger charge is 2.14. The van der Waals surface area contributed by atoms with Crippen molar-refractivity contribution in [3.05, 3.63) is 12.2 Å².